The van der Waals surface area contributed by atoms with Gasteiger partial charge in [-0.1, -0.05) is 28.9 Å². The number of hydrogen-bond acceptors (Lipinski definition) is 7. The summed E-state index contributed by atoms with van der Waals surface area (Å²) >= 11 is 7.36. The highest BCUT2D eigenvalue weighted by molar-refractivity contribution is 7.17. The molecule has 3 aromatic heterocycles. The van der Waals surface area contributed by atoms with Crippen LogP contribution in [0, 0.1) is 0 Å². The fraction of sp³-hybridized carbons (Fsp3) is 0.0909. The summed E-state index contributed by atoms with van der Waals surface area (Å²) in [5.41, 5.74) is 2.37. The van der Waals surface area contributed by atoms with Gasteiger partial charge in [-0.2, -0.15) is 4.98 Å². The molecule has 0 amide bonds. The van der Waals surface area contributed by atoms with Crippen LogP contribution in [0.2, 0.25) is 5.02 Å². The van der Waals surface area contributed by atoms with Crippen LogP contribution in [0.15, 0.2) is 69.6 Å². The summed E-state index contributed by atoms with van der Waals surface area (Å²) in [7, 11) is 1.62. The van der Waals surface area contributed by atoms with E-state index in [9.17, 15) is 4.79 Å². The zero-order valence-electron chi connectivity index (χ0n) is 16.3. The van der Waals surface area contributed by atoms with E-state index >= 15 is 0 Å². The number of aromatic nitrogens is 4. The van der Waals surface area contributed by atoms with Crippen LogP contribution >= 0.6 is 22.9 Å². The van der Waals surface area contributed by atoms with Gasteiger partial charge in [0, 0.05) is 21.5 Å². The Hall–Kier alpha value is -3.49. The Kier molecular flexibility index (Phi) is 5.01. The van der Waals surface area contributed by atoms with Crippen molar-refractivity contribution in [2.24, 2.45) is 0 Å². The fourth-order valence-corrected chi connectivity index (χ4v) is 4.28. The van der Waals surface area contributed by atoms with E-state index in [1.54, 1.807) is 19.2 Å². The van der Waals surface area contributed by atoms with Crippen molar-refractivity contribution in [1.29, 1.82) is 0 Å². The lowest BCUT2D eigenvalue weighted by Gasteiger charge is -2.04. The molecule has 9 heteroatoms. The Labute approximate surface area is 185 Å². The van der Waals surface area contributed by atoms with Crippen molar-refractivity contribution in [1.82, 2.24) is 19.7 Å². The molecule has 0 atom stereocenters. The molecule has 0 spiro atoms. The molecule has 2 aromatic carbocycles. The Bertz CT molecular complexity index is 1420. The molecule has 0 bridgehead atoms. The first kappa shape index (κ1) is 19.5. The van der Waals surface area contributed by atoms with Crippen molar-refractivity contribution in [3.05, 3.63) is 81.5 Å². The van der Waals surface area contributed by atoms with Crippen LogP contribution in [0.3, 0.4) is 0 Å². The predicted molar refractivity (Wildman–Crippen MR) is 120 cm³/mol. The van der Waals surface area contributed by atoms with Gasteiger partial charge in [-0.05, 0) is 42.0 Å². The van der Waals surface area contributed by atoms with Gasteiger partial charge < -0.3 is 9.26 Å². The van der Waals surface area contributed by atoms with Gasteiger partial charge >= 0.3 is 0 Å². The third kappa shape index (κ3) is 3.71. The van der Waals surface area contributed by atoms with Crippen LogP contribution in [0.4, 0.5) is 0 Å². The maximum Gasteiger partial charge on any atom is 0.263 e. The number of hydrogen-bond donors (Lipinski definition) is 0. The SMILES string of the molecule is COc1ccc(-c2csc3ncn(Cc4nc(-c5ccc(Cl)cc5)no4)c(=O)c23)cc1. The van der Waals surface area contributed by atoms with Gasteiger partial charge in [0.15, 0.2) is 0 Å². The van der Waals surface area contributed by atoms with E-state index in [0.717, 1.165) is 22.4 Å². The number of nitrogens with zero attached hydrogens (tertiary/aromatic N) is 4. The van der Waals surface area contributed by atoms with Crippen LogP contribution in [-0.4, -0.2) is 26.8 Å². The van der Waals surface area contributed by atoms with Gasteiger partial charge in [0.2, 0.25) is 11.7 Å². The van der Waals surface area contributed by atoms with E-state index in [-0.39, 0.29) is 12.1 Å². The Morgan fingerprint density at radius 2 is 1.84 bits per heavy atom. The molecular formula is C22H15ClN4O3S. The zero-order valence-corrected chi connectivity index (χ0v) is 17.9. The highest BCUT2D eigenvalue weighted by Gasteiger charge is 2.16. The first-order chi connectivity index (χ1) is 15.1. The molecule has 0 unspecified atom stereocenters. The Balaban J connectivity index is 1.49. The molecule has 0 radical (unpaired) electrons. The normalized spacial score (nSPS) is 11.2. The predicted octanol–water partition coefficient (Wildman–Crippen LogP) is 4.89. The van der Waals surface area contributed by atoms with E-state index in [0.29, 0.717) is 27.0 Å². The molecule has 154 valence electrons. The minimum atomic E-state index is -0.164. The number of benzene rings is 2. The maximum absolute atomic E-state index is 13.2. The summed E-state index contributed by atoms with van der Waals surface area (Å²) in [5.74, 6) is 1.50. The second kappa shape index (κ2) is 7.98. The second-order valence-corrected chi connectivity index (χ2v) is 8.05. The van der Waals surface area contributed by atoms with Crippen molar-refractivity contribution in [2.75, 3.05) is 7.11 Å². The smallest absolute Gasteiger partial charge is 0.263 e. The largest absolute Gasteiger partial charge is 0.497 e. The molecule has 31 heavy (non-hydrogen) atoms. The molecule has 0 aliphatic rings. The van der Waals surface area contributed by atoms with E-state index in [1.165, 1.54) is 22.2 Å². The highest BCUT2D eigenvalue weighted by atomic mass is 35.5. The van der Waals surface area contributed by atoms with E-state index in [1.807, 2.05) is 41.8 Å². The molecule has 0 fully saturated rings. The van der Waals surface area contributed by atoms with Crippen molar-refractivity contribution in [3.63, 3.8) is 0 Å². The van der Waals surface area contributed by atoms with Crippen LogP contribution in [0.5, 0.6) is 5.75 Å². The summed E-state index contributed by atoms with van der Waals surface area (Å²) < 4.78 is 12.0. The first-order valence-corrected chi connectivity index (χ1v) is 10.6. The van der Waals surface area contributed by atoms with Crippen molar-refractivity contribution >= 4 is 33.2 Å². The molecular weight excluding hydrogens is 436 g/mol. The Morgan fingerprint density at radius 3 is 2.58 bits per heavy atom. The van der Waals surface area contributed by atoms with Crippen LogP contribution in [-0.2, 0) is 6.54 Å². The highest BCUT2D eigenvalue weighted by Crippen LogP contribution is 2.31. The first-order valence-electron chi connectivity index (χ1n) is 9.32. The van der Waals surface area contributed by atoms with E-state index in [4.69, 9.17) is 20.9 Å². The molecule has 0 saturated carbocycles. The number of fused-ring (bicyclic) bond motifs is 1. The van der Waals surface area contributed by atoms with Gasteiger partial charge in [-0.15, -0.1) is 11.3 Å². The average molecular weight is 451 g/mol. The minimum Gasteiger partial charge on any atom is -0.497 e. The van der Waals surface area contributed by atoms with Crippen LogP contribution in [0.1, 0.15) is 5.89 Å². The van der Waals surface area contributed by atoms with Gasteiger partial charge in [0.25, 0.3) is 5.56 Å². The number of methoxy groups -OCH3 is 1. The monoisotopic (exact) mass is 450 g/mol. The molecule has 5 rings (SSSR count). The lowest BCUT2D eigenvalue weighted by Crippen LogP contribution is -2.21. The van der Waals surface area contributed by atoms with Crippen molar-refractivity contribution in [3.8, 4) is 28.3 Å². The lowest BCUT2D eigenvalue weighted by atomic mass is 10.1. The number of ether oxygens (including phenoxy) is 1. The molecule has 0 N–H and O–H groups in total. The van der Waals surface area contributed by atoms with E-state index < -0.39 is 0 Å². The second-order valence-electron chi connectivity index (χ2n) is 6.75. The van der Waals surface area contributed by atoms with E-state index in [2.05, 4.69) is 15.1 Å². The summed E-state index contributed by atoms with van der Waals surface area (Å²) in [6.07, 6.45) is 1.51. The molecule has 3 heterocycles. The van der Waals surface area contributed by atoms with Crippen molar-refractivity contribution in [2.45, 2.75) is 6.54 Å². The summed E-state index contributed by atoms with van der Waals surface area (Å²) in [6, 6.07) is 14.7. The molecule has 5 aromatic rings. The van der Waals surface area contributed by atoms with Gasteiger partial charge in [0.05, 0.1) is 18.8 Å². The number of thiophene rings is 1. The average Bonchev–Trinajstić information content (AvgIpc) is 3.44. The molecule has 0 aliphatic carbocycles. The third-order valence-corrected chi connectivity index (χ3v) is 5.98. The topological polar surface area (TPSA) is 83.0 Å². The summed E-state index contributed by atoms with van der Waals surface area (Å²) in [5, 5.41) is 7.13. The molecule has 7 nitrogen and oxygen atoms in total. The van der Waals surface area contributed by atoms with Gasteiger partial charge in [0.1, 0.15) is 17.1 Å². The lowest BCUT2D eigenvalue weighted by molar-refractivity contribution is 0.369. The third-order valence-electron chi connectivity index (χ3n) is 4.84. The number of rotatable bonds is 5. The van der Waals surface area contributed by atoms with Crippen molar-refractivity contribution < 1.29 is 9.26 Å². The van der Waals surface area contributed by atoms with Crippen LogP contribution < -0.4 is 10.3 Å². The van der Waals surface area contributed by atoms with Gasteiger partial charge in [-0.3, -0.25) is 9.36 Å². The number of halogens is 1. The quantitative estimate of drug-likeness (QED) is 0.379. The summed E-state index contributed by atoms with van der Waals surface area (Å²) in [4.78, 5) is 22.7. The minimum absolute atomic E-state index is 0.125. The van der Waals surface area contributed by atoms with Gasteiger partial charge in [-0.25, -0.2) is 4.98 Å². The standard InChI is InChI=1S/C22H15ClN4O3S/c1-29-16-8-4-13(5-9-16)17-11-31-21-19(17)22(28)27(12-24-21)10-18-25-20(26-30-18)14-2-6-15(23)7-3-14/h2-9,11-12H,10H2,1H3. The zero-order chi connectivity index (χ0) is 21.4. The fourth-order valence-electron chi connectivity index (χ4n) is 3.24. The maximum atomic E-state index is 13.2. The summed E-state index contributed by atoms with van der Waals surface area (Å²) in [6.45, 7) is 0.125. The molecule has 0 saturated heterocycles. The van der Waals surface area contributed by atoms with Crippen LogP contribution in [0.25, 0.3) is 32.7 Å². The molecule has 0 aliphatic heterocycles. The Morgan fingerprint density at radius 1 is 1.10 bits per heavy atom.